The zero-order chi connectivity index (χ0) is 20.3. The summed E-state index contributed by atoms with van der Waals surface area (Å²) in [6.07, 6.45) is 0. The Labute approximate surface area is 173 Å². The van der Waals surface area contributed by atoms with Crippen molar-refractivity contribution in [2.75, 3.05) is 0 Å². The first-order valence-electron chi connectivity index (χ1n) is 8.83. The van der Waals surface area contributed by atoms with Crippen molar-refractivity contribution in [3.63, 3.8) is 0 Å². The smallest absolute Gasteiger partial charge is 0.253 e. The van der Waals surface area contributed by atoms with Crippen LogP contribution in [0.1, 0.15) is 32.7 Å². The molecular weight excluding hydrogens is 395 g/mol. The van der Waals surface area contributed by atoms with Crippen molar-refractivity contribution in [1.82, 2.24) is 9.88 Å². The summed E-state index contributed by atoms with van der Waals surface area (Å²) in [5.74, 6) is -0.213. The maximum absolute atomic E-state index is 12.8. The molecule has 0 spiro atoms. The highest BCUT2D eigenvalue weighted by Gasteiger charge is 2.17. The number of aryl methyl sites for hydroxylation is 1. The molecule has 3 aromatic rings. The summed E-state index contributed by atoms with van der Waals surface area (Å²) in [7, 11) is 0. The van der Waals surface area contributed by atoms with Crippen molar-refractivity contribution < 1.29 is 4.79 Å². The fourth-order valence-electron chi connectivity index (χ4n) is 3.11. The molecule has 1 amide bonds. The van der Waals surface area contributed by atoms with Gasteiger partial charge in [-0.3, -0.25) is 9.59 Å². The van der Waals surface area contributed by atoms with Crippen LogP contribution in [0.5, 0.6) is 0 Å². The van der Waals surface area contributed by atoms with Gasteiger partial charge in [-0.2, -0.15) is 0 Å². The molecule has 0 bridgehead atoms. The van der Waals surface area contributed by atoms with Crippen LogP contribution >= 0.6 is 23.2 Å². The molecule has 1 aromatic heterocycles. The summed E-state index contributed by atoms with van der Waals surface area (Å²) in [6.45, 7) is 4.32. The number of hydrogen-bond acceptors (Lipinski definition) is 2. The number of rotatable bonds is 5. The first-order chi connectivity index (χ1) is 13.3. The molecule has 0 aliphatic carbocycles. The van der Waals surface area contributed by atoms with Crippen LogP contribution in [0.3, 0.4) is 0 Å². The van der Waals surface area contributed by atoms with Gasteiger partial charge in [0.25, 0.3) is 11.5 Å². The van der Waals surface area contributed by atoms with Gasteiger partial charge >= 0.3 is 0 Å². The van der Waals surface area contributed by atoms with E-state index >= 15 is 0 Å². The summed E-state index contributed by atoms with van der Waals surface area (Å²) < 4.78 is 1.60. The highest BCUT2D eigenvalue weighted by Crippen LogP contribution is 2.15. The monoisotopic (exact) mass is 414 g/mol. The topological polar surface area (TPSA) is 51.1 Å². The lowest BCUT2D eigenvalue weighted by molar-refractivity contribution is 0.0948. The van der Waals surface area contributed by atoms with Gasteiger partial charge in [0, 0.05) is 28.4 Å². The van der Waals surface area contributed by atoms with E-state index in [0.717, 1.165) is 11.1 Å². The molecule has 144 valence electrons. The molecule has 0 radical (unpaired) electrons. The van der Waals surface area contributed by atoms with E-state index in [1.807, 2.05) is 24.3 Å². The van der Waals surface area contributed by atoms with Crippen LogP contribution < -0.4 is 10.9 Å². The number of amides is 1. The van der Waals surface area contributed by atoms with Crippen LogP contribution in [0.15, 0.2) is 59.4 Å². The Hall–Kier alpha value is -2.56. The van der Waals surface area contributed by atoms with E-state index in [4.69, 9.17) is 23.2 Å². The number of nitrogens with one attached hydrogen (secondary N) is 1. The highest BCUT2D eigenvalue weighted by atomic mass is 35.5. The van der Waals surface area contributed by atoms with Crippen molar-refractivity contribution in [3.8, 4) is 0 Å². The predicted octanol–water partition coefficient (Wildman–Crippen LogP) is 4.75. The Kier molecular flexibility index (Phi) is 6.22. The number of nitrogens with zero attached hydrogens (tertiary/aromatic N) is 1. The zero-order valence-corrected chi connectivity index (χ0v) is 17.1. The molecule has 6 heteroatoms. The Balaban J connectivity index is 1.85. The quantitative estimate of drug-likeness (QED) is 0.654. The van der Waals surface area contributed by atoms with Crippen molar-refractivity contribution in [2.24, 2.45) is 0 Å². The zero-order valence-electron chi connectivity index (χ0n) is 15.6. The van der Waals surface area contributed by atoms with Gasteiger partial charge in [0.2, 0.25) is 0 Å². The van der Waals surface area contributed by atoms with Gasteiger partial charge in [-0.25, -0.2) is 0 Å². The van der Waals surface area contributed by atoms with E-state index in [1.54, 1.807) is 42.7 Å². The third kappa shape index (κ3) is 4.64. The fraction of sp³-hybridized carbons (Fsp3) is 0.182. The molecule has 0 fully saturated rings. The largest absolute Gasteiger partial charge is 0.348 e. The molecule has 2 aromatic carbocycles. The van der Waals surface area contributed by atoms with Gasteiger partial charge in [-0.1, -0.05) is 47.5 Å². The summed E-state index contributed by atoms with van der Waals surface area (Å²) in [6, 6.07) is 16.1. The van der Waals surface area contributed by atoms with Gasteiger partial charge in [0.05, 0.1) is 12.1 Å². The minimum atomic E-state index is -0.213. The number of carbonyl (C=O) groups excluding carboxylic acids is 1. The van der Waals surface area contributed by atoms with Crippen LogP contribution in [0.4, 0.5) is 0 Å². The van der Waals surface area contributed by atoms with Crippen LogP contribution in [-0.4, -0.2) is 10.5 Å². The van der Waals surface area contributed by atoms with E-state index < -0.39 is 0 Å². The van der Waals surface area contributed by atoms with Gasteiger partial charge < -0.3 is 9.88 Å². The number of pyridine rings is 1. The molecule has 28 heavy (non-hydrogen) atoms. The van der Waals surface area contributed by atoms with Crippen molar-refractivity contribution in [2.45, 2.75) is 26.9 Å². The van der Waals surface area contributed by atoms with Crippen LogP contribution in [0, 0.1) is 13.8 Å². The standard InChI is InChI=1S/C22H20Cl2N2O2/c1-14-11-20(27)26(13-17-5-9-19(24)10-6-17)15(2)21(14)22(28)25-12-16-3-7-18(23)8-4-16/h3-11H,12-13H2,1-2H3,(H,25,28). The first kappa shape index (κ1) is 20.2. The Morgan fingerprint density at radius 2 is 1.46 bits per heavy atom. The molecule has 0 aliphatic rings. The lowest BCUT2D eigenvalue weighted by Gasteiger charge is -2.16. The highest BCUT2D eigenvalue weighted by molar-refractivity contribution is 6.30. The van der Waals surface area contributed by atoms with Crippen LogP contribution in [0.2, 0.25) is 10.0 Å². The van der Waals surface area contributed by atoms with Crippen LogP contribution in [-0.2, 0) is 13.1 Å². The molecule has 0 atom stereocenters. The number of hydrogen-bond donors (Lipinski definition) is 1. The number of benzene rings is 2. The minimum Gasteiger partial charge on any atom is -0.348 e. The third-order valence-electron chi connectivity index (χ3n) is 4.61. The minimum absolute atomic E-state index is 0.140. The molecular formula is C22H20Cl2N2O2. The summed E-state index contributed by atoms with van der Waals surface area (Å²) in [4.78, 5) is 25.3. The average Bonchev–Trinajstić information content (AvgIpc) is 2.66. The summed E-state index contributed by atoms with van der Waals surface area (Å²) in [5, 5.41) is 4.21. The molecule has 0 saturated carbocycles. The number of halogens is 2. The lowest BCUT2D eigenvalue weighted by Crippen LogP contribution is -2.30. The second kappa shape index (κ2) is 8.63. The maximum Gasteiger partial charge on any atom is 0.253 e. The van der Waals surface area contributed by atoms with E-state index in [1.165, 1.54) is 6.07 Å². The Morgan fingerprint density at radius 1 is 0.929 bits per heavy atom. The average molecular weight is 415 g/mol. The Morgan fingerprint density at radius 3 is 2.04 bits per heavy atom. The molecule has 4 nitrogen and oxygen atoms in total. The van der Waals surface area contributed by atoms with E-state index in [-0.39, 0.29) is 11.5 Å². The second-order valence-corrected chi connectivity index (χ2v) is 7.52. The summed E-state index contributed by atoms with van der Waals surface area (Å²) >= 11 is 11.8. The van der Waals surface area contributed by atoms with Crippen molar-refractivity contribution in [3.05, 3.63) is 103 Å². The maximum atomic E-state index is 12.8. The Bertz CT molecular complexity index is 1060. The van der Waals surface area contributed by atoms with E-state index in [9.17, 15) is 9.59 Å². The number of aromatic nitrogens is 1. The molecule has 1 N–H and O–H groups in total. The second-order valence-electron chi connectivity index (χ2n) is 6.65. The van der Waals surface area contributed by atoms with Crippen molar-refractivity contribution in [1.29, 1.82) is 0 Å². The van der Waals surface area contributed by atoms with Gasteiger partial charge in [-0.15, -0.1) is 0 Å². The van der Waals surface area contributed by atoms with E-state index in [2.05, 4.69) is 5.32 Å². The SMILES string of the molecule is Cc1cc(=O)n(Cc2ccc(Cl)cc2)c(C)c1C(=O)NCc1ccc(Cl)cc1. The molecule has 1 heterocycles. The molecule has 0 unspecified atom stereocenters. The van der Waals surface area contributed by atoms with Gasteiger partial charge in [0.1, 0.15) is 0 Å². The third-order valence-corrected chi connectivity index (χ3v) is 5.12. The first-order valence-corrected chi connectivity index (χ1v) is 9.59. The molecule has 3 rings (SSSR count). The molecule has 0 aliphatic heterocycles. The van der Waals surface area contributed by atoms with E-state index in [0.29, 0.717) is 40.0 Å². The normalized spacial score (nSPS) is 10.7. The lowest BCUT2D eigenvalue weighted by atomic mass is 10.1. The van der Waals surface area contributed by atoms with Crippen LogP contribution in [0.25, 0.3) is 0 Å². The fourth-order valence-corrected chi connectivity index (χ4v) is 3.36. The molecule has 0 saturated heterocycles. The van der Waals surface area contributed by atoms with Gasteiger partial charge in [-0.05, 0) is 54.8 Å². The number of carbonyl (C=O) groups is 1. The van der Waals surface area contributed by atoms with Crippen molar-refractivity contribution >= 4 is 29.1 Å². The predicted molar refractivity (Wildman–Crippen MR) is 113 cm³/mol. The van der Waals surface area contributed by atoms with Gasteiger partial charge in [0.15, 0.2) is 0 Å². The summed E-state index contributed by atoms with van der Waals surface area (Å²) in [5.41, 5.74) is 3.55.